The van der Waals surface area contributed by atoms with Crippen molar-refractivity contribution in [3.8, 4) is 11.1 Å². The molecular formula is C16H17NO2S. The zero-order chi connectivity index (χ0) is 14.4. The molecule has 0 fully saturated rings. The van der Waals surface area contributed by atoms with Gasteiger partial charge in [-0.3, -0.25) is 10.7 Å². The summed E-state index contributed by atoms with van der Waals surface area (Å²) in [5.74, 6) is 0. The summed E-state index contributed by atoms with van der Waals surface area (Å²) in [6, 6.07) is 16.4. The quantitative estimate of drug-likeness (QED) is 0.652. The highest BCUT2D eigenvalue weighted by Gasteiger charge is 2.08. The Morgan fingerprint density at radius 2 is 1.90 bits per heavy atom. The fraction of sp³-hybridized carbons (Fsp3) is 0.188. The Balaban J connectivity index is 2.21. The minimum atomic E-state index is 0.203. The van der Waals surface area contributed by atoms with Crippen LogP contribution >= 0.6 is 12.2 Å². The average Bonchev–Trinajstić information content (AvgIpc) is 2.49. The third kappa shape index (κ3) is 3.63. The van der Waals surface area contributed by atoms with Gasteiger partial charge in [0.1, 0.15) is 4.99 Å². The highest BCUT2D eigenvalue weighted by Crippen LogP contribution is 2.26. The Labute approximate surface area is 124 Å². The summed E-state index contributed by atoms with van der Waals surface area (Å²) in [6.07, 6.45) is 0. The van der Waals surface area contributed by atoms with E-state index in [1.165, 1.54) is 5.56 Å². The van der Waals surface area contributed by atoms with Gasteiger partial charge < -0.3 is 4.74 Å². The fourth-order valence-electron chi connectivity index (χ4n) is 2.06. The molecule has 2 aromatic carbocycles. The standard InChI is InChI=1S/C16H17NO2S/c1-12-6-5-9-14(13-7-3-2-4-8-13)15(12)10-19-11-16(20)17-18/h2-9,18H,10-11H2,1H3,(H,17,20). The normalized spacial score (nSPS) is 10.3. The molecule has 0 heterocycles. The predicted molar refractivity (Wildman–Crippen MR) is 83.8 cm³/mol. The number of hydrogen-bond acceptors (Lipinski definition) is 3. The van der Waals surface area contributed by atoms with Crippen LogP contribution in [0.25, 0.3) is 11.1 Å². The van der Waals surface area contributed by atoms with Crippen LogP contribution in [0.5, 0.6) is 0 Å². The van der Waals surface area contributed by atoms with Crippen molar-refractivity contribution in [3.05, 3.63) is 59.7 Å². The van der Waals surface area contributed by atoms with Crippen LogP contribution in [0.2, 0.25) is 0 Å². The van der Waals surface area contributed by atoms with Gasteiger partial charge in [0.05, 0.1) is 13.2 Å². The number of aryl methyl sites for hydroxylation is 1. The van der Waals surface area contributed by atoms with E-state index in [2.05, 4.69) is 31.2 Å². The summed E-state index contributed by atoms with van der Waals surface area (Å²) in [5.41, 5.74) is 6.56. The second kappa shape index (κ2) is 7.14. The fourth-order valence-corrected chi connectivity index (χ4v) is 2.14. The molecule has 104 valence electrons. The van der Waals surface area contributed by atoms with E-state index in [9.17, 15) is 0 Å². The number of benzene rings is 2. The smallest absolute Gasteiger partial charge is 0.126 e. The molecule has 0 amide bonds. The third-order valence-corrected chi connectivity index (χ3v) is 3.31. The molecule has 0 radical (unpaired) electrons. The van der Waals surface area contributed by atoms with Crippen LogP contribution in [0.4, 0.5) is 0 Å². The number of ether oxygens (including phenoxy) is 1. The molecule has 0 aromatic heterocycles. The van der Waals surface area contributed by atoms with Gasteiger partial charge in [0.25, 0.3) is 0 Å². The second-order valence-electron chi connectivity index (χ2n) is 4.49. The maximum Gasteiger partial charge on any atom is 0.126 e. The molecule has 0 aliphatic carbocycles. The topological polar surface area (TPSA) is 41.5 Å². The van der Waals surface area contributed by atoms with E-state index in [1.54, 1.807) is 0 Å². The Hall–Kier alpha value is -1.75. The Bertz CT molecular complexity index is 584. The SMILES string of the molecule is Cc1cccc(-c2ccccc2)c1COCC(=S)NO. The molecule has 0 atom stereocenters. The summed E-state index contributed by atoms with van der Waals surface area (Å²) in [7, 11) is 0. The molecule has 4 heteroatoms. The lowest BCUT2D eigenvalue weighted by Crippen LogP contribution is -2.21. The van der Waals surface area contributed by atoms with Gasteiger partial charge in [-0.1, -0.05) is 60.7 Å². The molecule has 2 N–H and O–H groups in total. The van der Waals surface area contributed by atoms with Crippen LogP contribution in [-0.2, 0) is 11.3 Å². The molecule has 20 heavy (non-hydrogen) atoms. The van der Waals surface area contributed by atoms with E-state index >= 15 is 0 Å². The first-order valence-corrected chi connectivity index (χ1v) is 6.78. The van der Waals surface area contributed by atoms with Crippen molar-refractivity contribution in [1.29, 1.82) is 0 Å². The summed E-state index contributed by atoms with van der Waals surface area (Å²) in [6.45, 7) is 2.72. The van der Waals surface area contributed by atoms with Gasteiger partial charge in [-0.25, -0.2) is 0 Å². The maximum absolute atomic E-state index is 8.65. The number of hydroxylamine groups is 1. The molecule has 0 saturated carbocycles. The minimum Gasteiger partial charge on any atom is -0.370 e. The van der Waals surface area contributed by atoms with Gasteiger partial charge in [-0.15, -0.1) is 0 Å². The third-order valence-electron chi connectivity index (χ3n) is 3.10. The van der Waals surface area contributed by atoms with Gasteiger partial charge in [0, 0.05) is 0 Å². The lowest BCUT2D eigenvalue weighted by Gasteiger charge is -2.13. The highest BCUT2D eigenvalue weighted by atomic mass is 32.1. The molecule has 0 aliphatic rings. The average molecular weight is 287 g/mol. The summed E-state index contributed by atoms with van der Waals surface area (Å²) in [4.78, 5) is 0.278. The Morgan fingerprint density at radius 1 is 1.15 bits per heavy atom. The van der Waals surface area contributed by atoms with E-state index in [-0.39, 0.29) is 11.6 Å². The summed E-state index contributed by atoms with van der Waals surface area (Å²) in [5, 5.41) is 8.65. The minimum absolute atomic E-state index is 0.203. The first-order chi connectivity index (χ1) is 9.72. The maximum atomic E-state index is 8.65. The predicted octanol–water partition coefficient (Wildman–Crippen LogP) is 3.48. The summed E-state index contributed by atoms with van der Waals surface area (Å²) >= 11 is 4.84. The van der Waals surface area contributed by atoms with Crippen molar-refractivity contribution < 1.29 is 9.94 Å². The number of hydrogen-bond donors (Lipinski definition) is 2. The largest absolute Gasteiger partial charge is 0.370 e. The van der Waals surface area contributed by atoms with Gasteiger partial charge in [-0.2, -0.15) is 0 Å². The number of nitrogens with one attached hydrogen (secondary N) is 1. The number of thiocarbonyl (C=S) groups is 1. The second-order valence-corrected chi connectivity index (χ2v) is 4.99. The molecule has 0 aliphatic heterocycles. The van der Waals surface area contributed by atoms with Crippen LogP contribution in [0.3, 0.4) is 0 Å². The lowest BCUT2D eigenvalue weighted by atomic mass is 9.96. The molecule has 0 spiro atoms. The number of rotatable bonds is 5. The van der Waals surface area contributed by atoms with E-state index in [1.807, 2.05) is 29.7 Å². The monoisotopic (exact) mass is 287 g/mol. The molecule has 2 aromatic rings. The van der Waals surface area contributed by atoms with Crippen LogP contribution in [-0.4, -0.2) is 16.8 Å². The molecule has 2 rings (SSSR count). The van der Waals surface area contributed by atoms with Crippen molar-refractivity contribution in [3.63, 3.8) is 0 Å². The van der Waals surface area contributed by atoms with Gasteiger partial charge >= 0.3 is 0 Å². The van der Waals surface area contributed by atoms with Crippen LogP contribution in [0.15, 0.2) is 48.5 Å². The molecule has 0 saturated heterocycles. The van der Waals surface area contributed by atoms with Crippen molar-refractivity contribution in [2.24, 2.45) is 0 Å². The molecule has 0 bridgehead atoms. The lowest BCUT2D eigenvalue weighted by molar-refractivity contribution is 0.146. The van der Waals surface area contributed by atoms with Crippen molar-refractivity contribution >= 4 is 17.2 Å². The van der Waals surface area contributed by atoms with Crippen LogP contribution in [0.1, 0.15) is 11.1 Å². The Kier molecular flexibility index (Phi) is 5.24. The first-order valence-electron chi connectivity index (χ1n) is 6.37. The summed E-state index contributed by atoms with van der Waals surface area (Å²) < 4.78 is 5.55. The Morgan fingerprint density at radius 3 is 2.60 bits per heavy atom. The van der Waals surface area contributed by atoms with Crippen molar-refractivity contribution in [2.45, 2.75) is 13.5 Å². The van der Waals surface area contributed by atoms with E-state index < -0.39 is 0 Å². The molecule has 0 unspecified atom stereocenters. The molecule has 3 nitrogen and oxygen atoms in total. The van der Waals surface area contributed by atoms with E-state index in [0.29, 0.717) is 6.61 Å². The van der Waals surface area contributed by atoms with Crippen molar-refractivity contribution in [2.75, 3.05) is 6.61 Å². The van der Waals surface area contributed by atoms with Crippen LogP contribution < -0.4 is 5.48 Å². The van der Waals surface area contributed by atoms with Gasteiger partial charge in [0.15, 0.2) is 0 Å². The van der Waals surface area contributed by atoms with Crippen molar-refractivity contribution in [1.82, 2.24) is 5.48 Å². The van der Waals surface area contributed by atoms with Crippen LogP contribution in [0, 0.1) is 6.92 Å². The van der Waals surface area contributed by atoms with Gasteiger partial charge in [0.2, 0.25) is 0 Å². The molecular weight excluding hydrogens is 270 g/mol. The highest BCUT2D eigenvalue weighted by molar-refractivity contribution is 7.80. The first kappa shape index (κ1) is 14.7. The van der Waals surface area contributed by atoms with E-state index in [4.69, 9.17) is 22.2 Å². The van der Waals surface area contributed by atoms with Gasteiger partial charge in [-0.05, 0) is 29.2 Å². The van der Waals surface area contributed by atoms with E-state index in [0.717, 1.165) is 16.7 Å². The zero-order valence-electron chi connectivity index (χ0n) is 11.3. The zero-order valence-corrected chi connectivity index (χ0v) is 12.1.